The molecule has 66 heavy (non-hydrogen) atoms. The van der Waals surface area contributed by atoms with Gasteiger partial charge in [0.15, 0.2) is 69.8 Å². The van der Waals surface area contributed by atoms with Crippen LogP contribution in [0.1, 0.15) is 41.4 Å². The van der Waals surface area contributed by atoms with Crippen molar-refractivity contribution in [3.63, 3.8) is 0 Å². The summed E-state index contributed by atoms with van der Waals surface area (Å²) in [6.07, 6.45) is 0. The molecule has 4 amide bonds. The van der Waals surface area contributed by atoms with Gasteiger partial charge in [-0.1, -0.05) is 36.4 Å². The maximum atomic E-state index is 15.8. The van der Waals surface area contributed by atoms with E-state index in [0.29, 0.717) is 22.5 Å². The van der Waals surface area contributed by atoms with Gasteiger partial charge in [-0.25, -0.2) is 62.5 Å². The van der Waals surface area contributed by atoms with Crippen LogP contribution in [0.4, 0.5) is 75.4 Å². The summed E-state index contributed by atoms with van der Waals surface area (Å²) in [5.74, 6) is -40.5. The zero-order chi connectivity index (χ0) is 47.5. The van der Waals surface area contributed by atoms with E-state index in [9.17, 15) is 19.2 Å². The standard InChI is InChI=1S/C46H18F12N4O4/c47-29-25(27-33(51)37(55)41(38(56)34(27)52)61-43(63)21-11-5-17(13-23(21)45(61)65)15-1-7-19(59)8-2-15)30(48)32(50)26(31(29)49)28-35(53)39(57)42(40(58)36(28)54)62-44(64)22-12-6-18(14-24(22)46(62)66)16-3-9-20(60)10-4-16/h1-14H,59-60H2. The summed E-state index contributed by atoms with van der Waals surface area (Å²) in [4.78, 5) is 52.5. The second-order valence-corrected chi connectivity index (χ2v) is 14.6. The molecule has 0 unspecified atom stereocenters. The predicted molar refractivity (Wildman–Crippen MR) is 212 cm³/mol. The first kappa shape index (κ1) is 42.9. The summed E-state index contributed by atoms with van der Waals surface area (Å²) in [5, 5.41) is 0. The summed E-state index contributed by atoms with van der Waals surface area (Å²) >= 11 is 0. The Hall–Kier alpha value is -8.42. The second-order valence-electron chi connectivity index (χ2n) is 14.6. The van der Waals surface area contributed by atoms with Crippen molar-refractivity contribution in [2.75, 3.05) is 21.3 Å². The molecule has 2 aliphatic heterocycles. The fourth-order valence-electron chi connectivity index (χ4n) is 7.74. The van der Waals surface area contributed by atoms with Crippen LogP contribution in [0.2, 0.25) is 0 Å². The van der Waals surface area contributed by atoms with E-state index >= 15 is 52.7 Å². The van der Waals surface area contributed by atoms with Crippen LogP contribution in [0.3, 0.4) is 0 Å². The van der Waals surface area contributed by atoms with Crippen molar-refractivity contribution in [1.82, 2.24) is 0 Å². The van der Waals surface area contributed by atoms with Crippen molar-refractivity contribution >= 4 is 46.4 Å². The maximum Gasteiger partial charge on any atom is 0.266 e. The van der Waals surface area contributed by atoms with Gasteiger partial charge in [-0.3, -0.25) is 19.2 Å². The first-order valence-electron chi connectivity index (χ1n) is 18.6. The molecule has 7 aromatic rings. The number of fused-ring (bicyclic) bond motifs is 2. The summed E-state index contributed by atoms with van der Waals surface area (Å²) in [6.45, 7) is 0. The van der Waals surface area contributed by atoms with E-state index in [4.69, 9.17) is 11.5 Å². The smallest absolute Gasteiger partial charge is 0.266 e. The summed E-state index contributed by atoms with van der Waals surface area (Å²) in [6, 6.07) is 18.8. The minimum atomic E-state index is -3.04. The van der Waals surface area contributed by atoms with Crippen LogP contribution in [0.15, 0.2) is 84.9 Å². The molecule has 0 aromatic heterocycles. The van der Waals surface area contributed by atoms with Gasteiger partial charge in [-0.2, -0.15) is 0 Å². The van der Waals surface area contributed by atoms with Gasteiger partial charge in [0.05, 0.1) is 44.5 Å². The fourth-order valence-corrected chi connectivity index (χ4v) is 7.74. The van der Waals surface area contributed by atoms with Crippen molar-refractivity contribution in [2.45, 2.75) is 0 Å². The molecule has 0 fully saturated rings. The predicted octanol–water partition coefficient (Wildman–Crippen LogP) is 10.8. The minimum Gasteiger partial charge on any atom is -0.399 e. The van der Waals surface area contributed by atoms with Crippen molar-refractivity contribution in [3.8, 4) is 44.5 Å². The molecule has 0 saturated carbocycles. The lowest BCUT2D eigenvalue weighted by molar-refractivity contribution is 0.0907. The summed E-state index contributed by atoms with van der Waals surface area (Å²) in [7, 11) is 0. The van der Waals surface area contributed by atoms with E-state index in [1.165, 1.54) is 60.7 Å². The van der Waals surface area contributed by atoms with Crippen LogP contribution >= 0.6 is 0 Å². The number of benzene rings is 7. The molecule has 2 heterocycles. The highest BCUT2D eigenvalue weighted by Gasteiger charge is 2.46. The molecular formula is C46H18F12N4O4. The van der Waals surface area contributed by atoms with Gasteiger partial charge in [0.2, 0.25) is 0 Å². The van der Waals surface area contributed by atoms with Crippen LogP contribution in [0.25, 0.3) is 44.5 Å². The highest BCUT2D eigenvalue weighted by atomic mass is 19.2. The molecule has 4 N–H and O–H groups in total. The number of imide groups is 2. The Labute approximate surface area is 360 Å². The molecule has 8 nitrogen and oxygen atoms in total. The van der Waals surface area contributed by atoms with E-state index in [1.54, 1.807) is 0 Å². The van der Waals surface area contributed by atoms with Crippen LogP contribution in [-0.2, 0) is 0 Å². The highest BCUT2D eigenvalue weighted by molar-refractivity contribution is 6.35. The van der Waals surface area contributed by atoms with Crippen LogP contribution in [-0.4, -0.2) is 23.6 Å². The van der Waals surface area contributed by atoms with Gasteiger partial charge >= 0.3 is 0 Å². The Morgan fingerprint density at radius 1 is 0.288 bits per heavy atom. The van der Waals surface area contributed by atoms with Crippen molar-refractivity contribution in [2.24, 2.45) is 0 Å². The molecule has 0 saturated heterocycles. The third kappa shape index (κ3) is 6.04. The van der Waals surface area contributed by atoms with Gasteiger partial charge in [-0.05, 0) is 70.8 Å². The molecule has 330 valence electrons. The van der Waals surface area contributed by atoms with Crippen molar-refractivity contribution in [1.29, 1.82) is 0 Å². The Morgan fingerprint density at radius 3 is 0.788 bits per heavy atom. The SMILES string of the molecule is Nc1ccc(-c2ccc3c(c2)C(=O)N(c2c(F)c(F)c(-c4c(F)c(F)c(-c5c(F)c(F)c(N6C(=O)c7ccc(-c8ccc(N)cc8)cc7C6=O)c(F)c5F)c(F)c4F)c(F)c2F)C3=O)cc1. The lowest BCUT2D eigenvalue weighted by Crippen LogP contribution is -2.32. The lowest BCUT2D eigenvalue weighted by Gasteiger charge is -2.20. The molecule has 0 aliphatic carbocycles. The van der Waals surface area contributed by atoms with E-state index in [2.05, 4.69) is 0 Å². The Kier molecular flexibility index (Phi) is 9.81. The number of carbonyl (C=O) groups is 4. The number of anilines is 4. The zero-order valence-electron chi connectivity index (χ0n) is 32.3. The number of hydrogen-bond donors (Lipinski definition) is 2. The Bertz CT molecular complexity index is 3090. The number of rotatable bonds is 6. The van der Waals surface area contributed by atoms with Gasteiger partial charge in [0, 0.05) is 11.4 Å². The summed E-state index contributed by atoms with van der Waals surface area (Å²) < 4.78 is 190. The lowest BCUT2D eigenvalue weighted by atomic mass is 9.94. The minimum absolute atomic E-state index is 0.262. The van der Waals surface area contributed by atoms with Crippen LogP contribution in [0.5, 0.6) is 0 Å². The molecule has 2 aliphatic rings. The Balaban J connectivity index is 1.11. The molecule has 9 rings (SSSR count). The fraction of sp³-hybridized carbons (Fsp3) is 0. The van der Waals surface area contributed by atoms with Crippen LogP contribution < -0.4 is 21.3 Å². The number of nitrogens with zero attached hydrogens (tertiary/aromatic N) is 2. The van der Waals surface area contributed by atoms with E-state index < -0.39 is 149 Å². The average molecular weight is 919 g/mol. The molecule has 20 heteroatoms. The molecule has 0 spiro atoms. The molecular weight excluding hydrogens is 901 g/mol. The maximum absolute atomic E-state index is 15.8. The van der Waals surface area contributed by atoms with E-state index in [-0.39, 0.29) is 20.9 Å². The number of hydrogen-bond acceptors (Lipinski definition) is 6. The number of halogens is 12. The normalized spacial score (nSPS) is 13.3. The quantitative estimate of drug-likeness (QED) is 0.0740. The molecule has 0 atom stereocenters. The molecule has 7 aromatic carbocycles. The zero-order valence-corrected chi connectivity index (χ0v) is 32.3. The first-order chi connectivity index (χ1) is 31.3. The van der Waals surface area contributed by atoms with Crippen LogP contribution in [0, 0.1) is 69.8 Å². The third-order valence-corrected chi connectivity index (χ3v) is 11.0. The molecule has 0 radical (unpaired) electrons. The third-order valence-electron chi connectivity index (χ3n) is 11.0. The van der Waals surface area contributed by atoms with Crippen molar-refractivity contribution < 1.29 is 71.9 Å². The number of nitrogen functional groups attached to an aromatic ring is 2. The topological polar surface area (TPSA) is 127 Å². The number of amides is 4. The summed E-state index contributed by atoms with van der Waals surface area (Å²) in [5.41, 5.74) is -3.10. The second kappa shape index (κ2) is 15.1. The van der Waals surface area contributed by atoms with E-state index in [0.717, 1.165) is 24.3 Å². The van der Waals surface area contributed by atoms with E-state index in [1.807, 2.05) is 0 Å². The first-order valence-corrected chi connectivity index (χ1v) is 18.6. The monoisotopic (exact) mass is 918 g/mol. The number of carbonyl (C=O) groups excluding carboxylic acids is 4. The van der Waals surface area contributed by atoms with Gasteiger partial charge in [0.1, 0.15) is 11.4 Å². The van der Waals surface area contributed by atoms with Crippen molar-refractivity contribution in [3.05, 3.63) is 177 Å². The van der Waals surface area contributed by atoms with Gasteiger partial charge < -0.3 is 11.5 Å². The highest BCUT2D eigenvalue weighted by Crippen LogP contribution is 2.47. The molecule has 0 bridgehead atoms. The van der Waals surface area contributed by atoms with Gasteiger partial charge in [-0.15, -0.1) is 0 Å². The Morgan fingerprint density at radius 2 is 0.515 bits per heavy atom. The van der Waals surface area contributed by atoms with Gasteiger partial charge in [0.25, 0.3) is 23.6 Å². The average Bonchev–Trinajstić information content (AvgIpc) is 3.69. The number of nitrogens with two attached hydrogens (primary N) is 2. The largest absolute Gasteiger partial charge is 0.399 e.